The van der Waals surface area contributed by atoms with Gasteiger partial charge in [-0.25, -0.2) is 4.39 Å². The number of piperidine rings is 1. The number of hydrogen-bond donors (Lipinski definition) is 0. The third kappa shape index (κ3) is 6.13. The first kappa shape index (κ1) is 20.5. The first-order valence-electron chi connectivity index (χ1n) is 10.3. The number of carbonyl (C=O) groups excluding carboxylic acids is 1. The Kier molecular flexibility index (Phi) is 7.54. The first-order chi connectivity index (χ1) is 13.6. The van der Waals surface area contributed by atoms with Crippen LogP contribution in [0.4, 0.5) is 4.39 Å². The highest BCUT2D eigenvalue weighted by Gasteiger charge is 2.23. The summed E-state index contributed by atoms with van der Waals surface area (Å²) in [6, 6.07) is 10.7. The molecule has 0 N–H and O–H groups in total. The van der Waals surface area contributed by atoms with Gasteiger partial charge in [-0.2, -0.15) is 0 Å². The van der Waals surface area contributed by atoms with Crippen molar-refractivity contribution in [1.82, 2.24) is 14.8 Å². The zero-order valence-corrected chi connectivity index (χ0v) is 16.7. The van der Waals surface area contributed by atoms with E-state index in [1.54, 1.807) is 24.5 Å². The second kappa shape index (κ2) is 10.3. The molecular formula is C23H30FN3O. The summed E-state index contributed by atoms with van der Waals surface area (Å²) in [5.41, 5.74) is 2.01. The van der Waals surface area contributed by atoms with Crippen molar-refractivity contribution < 1.29 is 9.18 Å². The van der Waals surface area contributed by atoms with Crippen LogP contribution in [0.3, 0.4) is 0 Å². The molecule has 1 aliphatic heterocycles. The maximum Gasteiger partial charge on any atom is 0.227 e. The summed E-state index contributed by atoms with van der Waals surface area (Å²) >= 11 is 0. The summed E-state index contributed by atoms with van der Waals surface area (Å²) < 4.78 is 13.4. The van der Waals surface area contributed by atoms with Gasteiger partial charge in [0.15, 0.2) is 0 Å². The van der Waals surface area contributed by atoms with Crippen LogP contribution in [-0.2, 0) is 17.6 Å². The molecule has 150 valence electrons. The van der Waals surface area contributed by atoms with Gasteiger partial charge in [0.2, 0.25) is 5.91 Å². The van der Waals surface area contributed by atoms with Crippen molar-refractivity contribution in [3.63, 3.8) is 0 Å². The van der Waals surface area contributed by atoms with Crippen molar-refractivity contribution >= 4 is 5.91 Å². The molecule has 2 aromatic rings. The van der Waals surface area contributed by atoms with E-state index in [2.05, 4.69) is 9.88 Å². The van der Waals surface area contributed by atoms with Crippen LogP contribution in [0.1, 0.15) is 30.9 Å². The van der Waals surface area contributed by atoms with Crippen LogP contribution in [0.15, 0.2) is 48.8 Å². The molecule has 1 aromatic heterocycles. The average Bonchev–Trinajstić information content (AvgIpc) is 2.71. The van der Waals surface area contributed by atoms with Gasteiger partial charge in [-0.3, -0.25) is 9.78 Å². The SMILES string of the molecule is CCN(C[C@H]1CCCN(CCc2cccc(F)c2)C1)C(=O)Cc1cccnc1. The fourth-order valence-electron chi connectivity index (χ4n) is 3.99. The number of aromatic nitrogens is 1. The molecular weight excluding hydrogens is 353 g/mol. The molecule has 1 aliphatic rings. The van der Waals surface area contributed by atoms with E-state index < -0.39 is 0 Å². The maximum absolute atomic E-state index is 13.4. The van der Waals surface area contributed by atoms with Gasteiger partial charge >= 0.3 is 0 Å². The van der Waals surface area contributed by atoms with Crippen LogP contribution in [0.25, 0.3) is 0 Å². The summed E-state index contributed by atoms with van der Waals surface area (Å²) in [4.78, 5) is 21.2. The molecule has 0 radical (unpaired) electrons. The Hall–Kier alpha value is -2.27. The zero-order valence-electron chi connectivity index (χ0n) is 16.7. The molecule has 0 spiro atoms. The third-order valence-corrected chi connectivity index (χ3v) is 5.50. The van der Waals surface area contributed by atoms with E-state index in [9.17, 15) is 9.18 Å². The molecule has 0 bridgehead atoms. The number of amides is 1. The van der Waals surface area contributed by atoms with Crippen molar-refractivity contribution in [2.24, 2.45) is 5.92 Å². The highest BCUT2D eigenvalue weighted by Crippen LogP contribution is 2.19. The zero-order chi connectivity index (χ0) is 19.8. The lowest BCUT2D eigenvalue weighted by molar-refractivity contribution is -0.131. The summed E-state index contributed by atoms with van der Waals surface area (Å²) in [7, 11) is 0. The van der Waals surface area contributed by atoms with Crippen LogP contribution in [-0.4, -0.2) is 53.4 Å². The Morgan fingerprint density at radius 1 is 1.29 bits per heavy atom. The molecule has 3 rings (SSSR count). The van der Waals surface area contributed by atoms with Crippen LogP contribution in [0.5, 0.6) is 0 Å². The number of nitrogens with zero attached hydrogens (tertiary/aromatic N) is 3. The van der Waals surface area contributed by atoms with Gasteiger partial charge in [-0.1, -0.05) is 18.2 Å². The minimum absolute atomic E-state index is 0.167. The van der Waals surface area contributed by atoms with Crippen molar-refractivity contribution in [1.29, 1.82) is 0 Å². The number of benzene rings is 1. The second-order valence-corrected chi connectivity index (χ2v) is 7.66. The fraction of sp³-hybridized carbons (Fsp3) is 0.478. The van der Waals surface area contributed by atoms with Crippen LogP contribution < -0.4 is 0 Å². The first-order valence-corrected chi connectivity index (χ1v) is 10.3. The number of hydrogen-bond acceptors (Lipinski definition) is 3. The molecule has 0 saturated carbocycles. The highest BCUT2D eigenvalue weighted by molar-refractivity contribution is 5.78. The normalized spacial score (nSPS) is 17.4. The quantitative estimate of drug-likeness (QED) is 0.699. The van der Waals surface area contributed by atoms with E-state index in [0.29, 0.717) is 12.3 Å². The average molecular weight is 384 g/mol. The monoisotopic (exact) mass is 383 g/mol. The molecule has 1 fully saturated rings. The lowest BCUT2D eigenvalue weighted by Crippen LogP contribution is -2.43. The van der Waals surface area contributed by atoms with Crippen LogP contribution >= 0.6 is 0 Å². The topological polar surface area (TPSA) is 36.4 Å². The van der Waals surface area contributed by atoms with Gasteiger partial charge in [0.05, 0.1) is 6.42 Å². The Bertz CT molecular complexity index is 753. The molecule has 4 nitrogen and oxygen atoms in total. The van der Waals surface area contributed by atoms with E-state index in [4.69, 9.17) is 0 Å². The Balaban J connectivity index is 1.49. The van der Waals surface area contributed by atoms with Crippen LogP contribution in [0, 0.1) is 11.7 Å². The highest BCUT2D eigenvalue weighted by atomic mass is 19.1. The predicted octanol–water partition coefficient (Wildman–Crippen LogP) is 3.57. The smallest absolute Gasteiger partial charge is 0.227 e. The van der Waals surface area contributed by atoms with E-state index in [1.807, 2.05) is 30.0 Å². The summed E-state index contributed by atoms with van der Waals surface area (Å²) in [6.45, 7) is 6.62. The summed E-state index contributed by atoms with van der Waals surface area (Å²) in [5, 5.41) is 0. The lowest BCUT2D eigenvalue weighted by atomic mass is 9.96. The number of likely N-dealkylation sites (tertiary alicyclic amines) is 1. The summed E-state index contributed by atoms with van der Waals surface area (Å²) in [6.07, 6.45) is 7.08. The number of pyridine rings is 1. The molecule has 0 unspecified atom stereocenters. The van der Waals surface area contributed by atoms with Gasteiger partial charge in [0.1, 0.15) is 5.82 Å². The number of carbonyl (C=O) groups is 1. The van der Waals surface area contributed by atoms with E-state index >= 15 is 0 Å². The van der Waals surface area contributed by atoms with Crippen LogP contribution in [0.2, 0.25) is 0 Å². The van der Waals surface area contributed by atoms with Crippen molar-refractivity contribution in [2.45, 2.75) is 32.6 Å². The molecule has 1 atom stereocenters. The van der Waals surface area contributed by atoms with Gasteiger partial charge in [-0.05, 0) is 68.0 Å². The minimum atomic E-state index is -0.167. The molecule has 1 aromatic carbocycles. The molecule has 2 heterocycles. The predicted molar refractivity (Wildman–Crippen MR) is 109 cm³/mol. The largest absolute Gasteiger partial charge is 0.342 e. The van der Waals surface area contributed by atoms with Gasteiger partial charge < -0.3 is 9.80 Å². The standard InChI is InChI=1S/C23H30FN3O/c1-2-27(23(28)15-20-7-4-11-25-16-20)18-21-8-5-12-26(17-21)13-10-19-6-3-9-22(24)14-19/h3-4,6-7,9,11,14,16,21H,2,5,8,10,12-13,15,17-18H2,1H3/t21-/m0/s1. The van der Waals surface area contributed by atoms with Gasteiger partial charge in [-0.15, -0.1) is 0 Å². The van der Waals surface area contributed by atoms with E-state index in [-0.39, 0.29) is 11.7 Å². The molecule has 1 saturated heterocycles. The van der Waals surface area contributed by atoms with Gasteiger partial charge in [0, 0.05) is 38.6 Å². The van der Waals surface area contributed by atoms with Crippen molar-refractivity contribution in [3.05, 3.63) is 65.7 Å². The molecule has 28 heavy (non-hydrogen) atoms. The molecule has 0 aliphatic carbocycles. The Morgan fingerprint density at radius 2 is 2.14 bits per heavy atom. The molecule has 5 heteroatoms. The van der Waals surface area contributed by atoms with E-state index in [0.717, 1.165) is 63.1 Å². The van der Waals surface area contributed by atoms with E-state index in [1.165, 1.54) is 6.07 Å². The third-order valence-electron chi connectivity index (χ3n) is 5.50. The van der Waals surface area contributed by atoms with Crippen molar-refractivity contribution in [2.75, 3.05) is 32.7 Å². The van der Waals surface area contributed by atoms with Crippen molar-refractivity contribution in [3.8, 4) is 0 Å². The Labute approximate surface area is 167 Å². The molecule has 1 amide bonds. The Morgan fingerprint density at radius 3 is 2.89 bits per heavy atom. The van der Waals surface area contributed by atoms with Gasteiger partial charge in [0.25, 0.3) is 0 Å². The number of likely N-dealkylation sites (N-methyl/N-ethyl adjacent to an activating group) is 1. The minimum Gasteiger partial charge on any atom is -0.342 e. The maximum atomic E-state index is 13.4. The lowest BCUT2D eigenvalue weighted by Gasteiger charge is -2.35. The fourth-order valence-corrected chi connectivity index (χ4v) is 3.99. The number of rotatable bonds is 8. The number of halogens is 1. The summed E-state index contributed by atoms with van der Waals surface area (Å²) in [5.74, 6) is 0.506. The second-order valence-electron chi connectivity index (χ2n) is 7.66.